The highest BCUT2D eigenvalue weighted by Crippen LogP contribution is 2.28. The first kappa shape index (κ1) is 19.7. The number of ether oxygens (including phenoxy) is 1. The minimum absolute atomic E-state index is 0.00578. The Bertz CT molecular complexity index is 836. The minimum Gasteiger partial charge on any atom is -0.469 e. The molecule has 2 N–H and O–H groups in total. The minimum atomic E-state index is -0.202. The number of amides is 1. The summed E-state index contributed by atoms with van der Waals surface area (Å²) in [7, 11) is 1.39. The normalized spacial score (nSPS) is 15.0. The van der Waals surface area contributed by atoms with Crippen LogP contribution in [0.5, 0.6) is 0 Å². The van der Waals surface area contributed by atoms with Crippen molar-refractivity contribution in [1.82, 2.24) is 19.8 Å². The number of rotatable bonds is 5. The SMILES string of the molecule is COC(=O)C1CCN(C(=O)CSc2nnc(-c3ccccc3Br)n2N)CC1. The average Bonchev–Trinajstić information content (AvgIpc) is 3.06. The Morgan fingerprint density at radius 1 is 1.30 bits per heavy atom. The van der Waals surface area contributed by atoms with Crippen molar-refractivity contribution < 1.29 is 14.3 Å². The fourth-order valence-corrected chi connectivity index (χ4v) is 4.17. The van der Waals surface area contributed by atoms with Gasteiger partial charge in [0, 0.05) is 23.1 Å². The number of benzene rings is 1. The summed E-state index contributed by atoms with van der Waals surface area (Å²) in [5, 5.41) is 8.70. The molecule has 2 aromatic rings. The predicted molar refractivity (Wildman–Crippen MR) is 105 cm³/mol. The summed E-state index contributed by atoms with van der Waals surface area (Å²) in [4.78, 5) is 25.8. The lowest BCUT2D eigenvalue weighted by molar-refractivity contribution is -0.148. The highest BCUT2D eigenvalue weighted by Gasteiger charge is 2.28. The number of hydrogen-bond acceptors (Lipinski definition) is 7. The van der Waals surface area contributed by atoms with Crippen molar-refractivity contribution in [2.75, 3.05) is 31.8 Å². The lowest BCUT2D eigenvalue weighted by atomic mass is 9.97. The second kappa shape index (κ2) is 8.75. The van der Waals surface area contributed by atoms with Gasteiger partial charge in [0.2, 0.25) is 11.1 Å². The summed E-state index contributed by atoms with van der Waals surface area (Å²) >= 11 is 4.72. The smallest absolute Gasteiger partial charge is 0.308 e. The van der Waals surface area contributed by atoms with E-state index in [0.717, 1.165) is 10.0 Å². The van der Waals surface area contributed by atoms with E-state index in [0.29, 0.717) is 36.9 Å². The molecule has 8 nitrogen and oxygen atoms in total. The molecule has 0 aliphatic carbocycles. The number of nitrogens with zero attached hydrogens (tertiary/aromatic N) is 4. The number of esters is 1. The van der Waals surface area contributed by atoms with Crippen LogP contribution in [0.3, 0.4) is 0 Å². The largest absolute Gasteiger partial charge is 0.469 e. The summed E-state index contributed by atoms with van der Waals surface area (Å²) in [6.45, 7) is 1.10. The Labute approximate surface area is 169 Å². The van der Waals surface area contributed by atoms with Crippen molar-refractivity contribution in [3.63, 3.8) is 0 Å². The molecule has 27 heavy (non-hydrogen) atoms. The lowest BCUT2D eigenvalue weighted by Gasteiger charge is -2.30. The van der Waals surface area contributed by atoms with Crippen molar-refractivity contribution in [1.29, 1.82) is 0 Å². The van der Waals surface area contributed by atoms with Crippen molar-refractivity contribution in [3.8, 4) is 11.4 Å². The van der Waals surface area contributed by atoms with Crippen LogP contribution in [-0.2, 0) is 14.3 Å². The highest BCUT2D eigenvalue weighted by atomic mass is 79.9. The maximum atomic E-state index is 12.4. The third-order valence-corrected chi connectivity index (χ3v) is 6.11. The summed E-state index contributed by atoms with van der Waals surface area (Å²) in [6.07, 6.45) is 1.25. The Balaban J connectivity index is 1.57. The van der Waals surface area contributed by atoms with Gasteiger partial charge in [-0.2, -0.15) is 0 Å². The van der Waals surface area contributed by atoms with Crippen LogP contribution in [0.4, 0.5) is 0 Å². The lowest BCUT2D eigenvalue weighted by Crippen LogP contribution is -2.41. The summed E-state index contributed by atoms with van der Waals surface area (Å²) in [5.41, 5.74) is 0.829. The van der Waals surface area contributed by atoms with Gasteiger partial charge in [0.15, 0.2) is 5.82 Å². The molecule has 1 aliphatic heterocycles. The van der Waals surface area contributed by atoms with Gasteiger partial charge in [-0.05, 0) is 25.0 Å². The molecule has 0 atom stereocenters. The number of halogens is 1. The van der Waals surface area contributed by atoms with Gasteiger partial charge in [-0.3, -0.25) is 9.59 Å². The number of nitrogen functional groups attached to an aromatic ring is 1. The van der Waals surface area contributed by atoms with Crippen LogP contribution in [0.25, 0.3) is 11.4 Å². The number of piperidine rings is 1. The molecular formula is C17H20BrN5O3S. The number of aromatic nitrogens is 3. The number of thioether (sulfide) groups is 1. The zero-order valence-electron chi connectivity index (χ0n) is 14.8. The van der Waals surface area contributed by atoms with Gasteiger partial charge in [-0.25, -0.2) is 4.68 Å². The summed E-state index contributed by atoms with van der Waals surface area (Å²) in [5.74, 6) is 6.52. The fourth-order valence-electron chi connectivity index (χ4n) is 2.95. The number of hydrogen-bond donors (Lipinski definition) is 1. The molecule has 0 unspecified atom stereocenters. The fraction of sp³-hybridized carbons (Fsp3) is 0.412. The third-order valence-electron chi connectivity index (χ3n) is 4.49. The van der Waals surface area contributed by atoms with Crippen LogP contribution in [0.2, 0.25) is 0 Å². The van der Waals surface area contributed by atoms with Gasteiger partial charge >= 0.3 is 5.97 Å². The van der Waals surface area contributed by atoms with E-state index in [2.05, 4.69) is 26.1 Å². The highest BCUT2D eigenvalue weighted by molar-refractivity contribution is 9.10. The van der Waals surface area contributed by atoms with E-state index in [4.69, 9.17) is 10.6 Å². The molecule has 0 bridgehead atoms. The second-order valence-electron chi connectivity index (χ2n) is 6.12. The molecule has 144 valence electrons. The summed E-state index contributed by atoms with van der Waals surface area (Å²) in [6, 6.07) is 7.59. The van der Waals surface area contributed by atoms with Crippen LogP contribution in [0.1, 0.15) is 12.8 Å². The zero-order chi connectivity index (χ0) is 19.4. The summed E-state index contributed by atoms with van der Waals surface area (Å²) < 4.78 is 7.03. The second-order valence-corrected chi connectivity index (χ2v) is 7.92. The van der Waals surface area contributed by atoms with Crippen LogP contribution < -0.4 is 5.84 Å². The average molecular weight is 454 g/mol. The Hall–Kier alpha value is -2.07. The maximum Gasteiger partial charge on any atom is 0.308 e. The molecule has 0 spiro atoms. The van der Waals surface area contributed by atoms with Gasteiger partial charge in [0.1, 0.15) is 0 Å². The van der Waals surface area contributed by atoms with E-state index in [1.54, 1.807) is 4.90 Å². The Morgan fingerprint density at radius 3 is 2.67 bits per heavy atom. The van der Waals surface area contributed by atoms with E-state index >= 15 is 0 Å². The molecule has 0 radical (unpaired) electrons. The molecule has 0 saturated carbocycles. The quantitative estimate of drug-likeness (QED) is 0.418. The van der Waals surface area contributed by atoms with E-state index in [-0.39, 0.29) is 23.5 Å². The van der Waals surface area contributed by atoms with E-state index in [1.165, 1.54) is 23.5 Å². The molecule has 1 saturated heterocycles. The third kappa shape index (κ3) is 4.44. The van der Waals surface area contributed by atoms with Gasteiger partial charge in [-0.1, -0.05) is 39.8 Å². The Kier molecular flexibility index (Phi) is 6.38. The van der Waals surface area contributed by atoms with Gasteiger partial charge in [-0.15, -0.1) is 10.2 Å². The topological polar surface area (TPSA) is 103 Å². The molecule has 10 heteroatoms. The molecule has 3 rings (SSSR count). The molecular weight excluding hydrogens is 434 g/mol. The van der Waals surface area contributed by atoms with Crippen molar-refractivity contribution in [3.05, 3.63) is 28.7 Å². The van der Waals surface area contributed by atoms with Gasteiger partial charge in [0.05, 0.1) is 18.8 Å². The maximum absolute atomic E-state index is 12.4. The van der Waals surface area contributed by atoms with Gasteiger partial charge in [0.25, 0.3) is 0 Å². The predicted octanol–water partition coefficient (Wildman–Crippen LogP) is 1.93. The number of nitrogens with two attached hydrogens (primary N) is 1. The van der Waals surface area contributed by atoms with Crippen LogP contribution in [0, 0.1) is 5.92 Å². The molecule has 1 aliphatic rings. The zero-order valence-corrected chi connectivity index (χ0v) is 17.2. The van der Waals surface area contributed by atoms with Crippen LogP contribution in [-0.4, -0.2) is 57.6 Å². The molecule has 1 amide bonds. The molecule has 1 aromatic carbocycles. The Morgan fingerprint density at radius 2 is 2.00 bits per heavy atom. The molecule has 2 heterocycles. The van der Waals surface area contributed by atoms with Crippen molar-refractivity contribution >= 4 is 39.6 Å². The van der Waals surface area contributed by atoms with E-state index < -0.39 is 0 Å². The van der Waals surface area contributed by atoms with E-state index in [9.17, 15) is 9.59 Å². The first-order valence-electron chi connectivity index (χ1n) is 8.45. The monoisotopic (exact) mass is 453 g/mol. The number of carbonyl (C=O) groups excluding carboxylic acids is 2. The van der Waals surface area contributed by atoms with Crippen molar-refractivity contribution in [2.24, 2.45) is 5.92 Å². The number of carbonyl (C=O) groups is 2. The molecule has 1 fully saturated rings. The van der Waals surface area contributed by atoms with Crippen LogP contribution >= 0.6 is 27.7 Å². The van der Waals surface area contributed by atoms with E-state index in [1.807, 2.05) is 24.3 Å². The standard InChI is InChI=1S/C17H20BrN5O3S/c1-26-16(25)11-6-8-22(9-7-11)14(24)10-27-17-21-20-15(23(17)19)12-4-2-3-5-13(12)18/h2-5,11H,6-10,19H2,1H3. The van der Waals surface area contributed by atoms with Gasteiger partial charge < -0.3 is 15.5 Å². The number of likely N-dealkylation sites (tertiary alicyclic amines) is 1. The number of methoxy groups -OCH3 is 1. The first-order chi connectivity index (χ1) is 13.0. The first-order valence-corrected chi connectivity index (χ1v) is 10.2. The van der Waals surface area contributed by atoms with Crippen molar-refractivity contribution in [2.45, 2.75) is 18.0 Å². The molecule has 1 aromatic heterocycles. The van der Waals surface area contributed by atoms with Crippen LogP contribution in [0.15, 0.2) is 33.9 Å².